The Bertz CT molecular complexity index is 784. The number of anilines is 1. The molecule has 0 saturated carbocycles. The predicted molar refractivity (Wildman–Crippen MR) is 89.7 cm³/mol. The Morgan fingerprint density at radius 3 is 3.00 bits per heavy atom. The van der Waals surface area contributed by atoms with Crippen LogP contribution in [0.2, 0.25) is 0 Å². The van der Waals surface area contributed by atoms with Gasteiger partial charge >= 0.3 is 5.97 Å². The third-order valence-electron chi connectivity index (χ3n) is 3.92. The molecule has 0 amide bonds. The molecule has 2 N–H and O–H groups in total. The van der Waals surface area contributed by atoms with Crippen molar-refractivity contribution in [1.82, 2.24) is 9.88 Å². The summed E-state index contributed by atoms with van der Waals surface area (Å²) in [4.78, 5) is 31.8. The number of Topliss-reactive ketones (excluding diaryl/α,β-unsaturated/α-hetero) is 1. The van der Waals surface area contributed by atoms with Gasteiger partial charge in [0, 0.05) is 30.6 Å². The van der Waals surface area contributed by atoms with Crippen molar-refractivity contribution in [2.45, 2.75) is 26.3 Å². The number of nitrogens with zero attached hydrogens (tertiary/aromatic N) is 2. The lowest BCUT2D eigenvalue weighted by molar-refractivity contribution is -0.141. The highest BCUT2D eigenvalue weighted by Gasteiger charge is 2.23. The van der Waals surface area contributed by atoms with Crippen LogP contribution >= 0.6 is 11.3 Å². The molecule has 0 atom stereocenters. The lowest BCUT2D eigenvalue weighted by atomic mass is 10.0. The molecule has 0 radical (unpaired) electrons. The van der Waals surface area contributed by atoms with E-state index in [4.69, 9.17) is 10.5 Å². The average Bonchev–Trinajstić information content (AvgIpc) is 2.82. The third-order valence-corrected chi connectivity index (χ3v) is 5.08. The lowest BCUT2D eigenvalue weighted by Crippen LogP contribution is -2.27. The van der Waals surface area contributed by atoms with Crippen LogP contribution in [-0.4, -0.2) is 41.8 Å². The number of thiophene rings is 1. The van der Waals surface area contributed by atoms with E-state index in [0.29, 0.717) is 10.6 Å². The van der Waals surface area contributed by atoms with Crippen molar-refractivity contribution in [2.75, 3.05) is 25.9 Å². The Labute approximate surface area is 138 Å². The Hall–Kier alpha value is -1.99. The number of hydrogen-bond donors (Lipinski definition) is 1. The van der Waals surface area contributed by atoms with Crippen LogP contribution in [0.3, 0.4) is 0 Å². The quantitative estimate of drug-likeness (QED) is 0.523. The van der Waals surface area contributed by atoms with Crippen molar-refractivity contribution >= 4 is 39.0 Å². The van der Waals surface area contributed by atoms with Gasteiger partial charge in [0.25, 0.3) is 0 Å². The van der Waals surface area contributed by atoms with Gasteiger partial charge in [0.15, 0.2) is 5.78 Å². The maximum Gasteiger partial charge on any atom is 0.313 e. The van der Waals surface area contributed by atoms with Gasteiger partial charge in [0.05, 0.1) is 17.2 Å². The number of ether oxygens (including phenoxy) is 1. The van der Waals surface area contributed by atoms with Gasteiger partial charge in [-0.15, -0.1) is 11.3 Å². The van der Waals surface area contributed by atoms with E-state index in [0.717, 1.165) is 41.0 Å². The highest BCUT2D eigenvalue weighted by molar-refractivity contribution is 7.21. The molecule has 2 aromatic rings. The van der Waals surface area contributed by atoms with Crippen LogP contribution in [0.5, 0.6) is 0 Å². The molecule has 6 nitrogen and oxygen atoms in total. The molecule has 0 saturated heterocycles. The molecule has 3 heterocycles. The first-order valence-electron chi connectivity index (χ1n) is 7.57. The number of hydrogen-bond acceptors (Lipinski definition) is 7. The fraction of sp³-hybridized carbons (Fsp3) is 0.438. The number of rotatable bonds is 4. The molecule has 0 aliphatic carbocycles. The summed E-state index contributed by atoms with van der Waals surface area (Å²) in [6.45, 7) is 3.78. The van der Waals surface area contributed by atoms with Crippen molar-refractivity contribution in [3.8, 4) is 0 Å². The molecule has 0 aromatic carbocycles. The van der Waals surface area contributed by atoms with Crippen LogP contribution in [0.15, 0.2) is 6.07 Å². The minimum Gasteiger partial charge on any atom is -0.466 e. The van der Waals surface area contributed by atoms with Crippen molar-refractivity contribution in [2.24, 2.45) is 0 Å². The highest BCUT2D eigenvalue weighted by atomic mass is 32.1. The van der Waals surface area contributed by atoms with Crippen LogP contribution in [0.4, 0.5) is 5.69 Å². The zero-order chi connectivity index (χ0) is 16.6. The smallest absolute Gasteiger partial charge is 0.313 e. The maximum atomic E-state index is 12.3. The number of fused-ring (bicyclic) bond motifs is 2. The Morgan fingerprint density at radius 1 is 1.48 bits per heavy atom. The lowest BCUT2D eigenvalue weighted by Gasteiger charge is -2.24. The van der Waals surface area contributed by atoms with Gasteiger partial charge in [-0.1, -0.05) is 0 Å². The zero-order valence-corrected chi connectivity index (χ0v) is 14.0. The molecule has 0 unspecified atom stereocenters. The molecule has 3 rings (SSSR count). The summed E-state index contributed by atoms with van der Waals surface area (Å²) in [6, 6.07) is 2.03. The first kappa shape index (κ1) is 15.9. The number of carbonyl (C=O) groups is 2. The van der Waals surface area contributed by atoms with Gasteiger partial charge < -0.3 is 15.4 Å². The first-order chi connectivity index (χ1) is 11.0. The summed E-state index contributed by atoms with van der Waals surface area (Å²) in [6.07, 6.45) is 0.610. The van der Waals surface area contributed by atoms with Crippen LogP contribution in [0, 0.1) is 0 Å². The topological polar surface area (TPSA) is 85.5 Å². The molecule has 1 aliphatic rings. The maximum absolute atomic E-state index is 12.3. The minimum absolute atomic E-state index is 0.260. The summed E-state index contributed by atoms with van der Waals surface area (Å²) in [5.41, 5.74) is 8.78. The predicted octanol–water partition coefficient (Wildman–Crippen LogP) is 2.00. The van der Waals surface area contributed by atoms with E-state index in [2.05, 4.69) is 16.9 Å². The van der Waals surface area contributed by atoms with Crippen molar-refractivity contribution in [3.05, 3.63) is 22.2 Å². The molecule has 122 valence electrons. The van der Waals surface area contributed by atoms with Gasteiger partial charge in [-0.25, -0.2) is 4.98 Å². The molecule has 0 bridgehead atoms. The number of aromatic nitrogens is 1. The Kier molecular flexibility index (Phi) is 4.32. The van der Waals surface area contributed by atoms with Crippen LogP contribution in [0.1, 0.15) is 34.3 Å². The normalized spacial score (nSPS) is 14.7. The molecule has 23 heavy (non-hydrogen) atoms. The number of pyridine rings is 1. The third kappa shape index (κ3) is 3.07. The van der Waals surface area contributed by atoms with Crippen molar-refractivity contribution in [3.63, 3.8) is 0 Å². The number of nitrogens with two attached hydrogens (primary N) is 1. The number of esters is 1. The van der Waals surface area contributed by atoms with E-state index in [1.165, 1.54) is 11.3 Å². The van der Waals surface area contributed by atoms with E-state index < -0.39 is 5.97 Å². The largest absolute Gasteiger partial charge is 0.466 e. The number of likely N-dealkylation sites (N-methyl/N-ethyl adjacent to an activating group) is 1. The number of carbonyl (C=O) groups excluding carboxylic acids is 2. The van der Waals surface area contributed by atoms with Crippen LogP contribution < -0.4 is 5.73 Å². The zero-order valence-electron chi connectivity index (χ0n) is 13.2. The molecule has 2 aromatic heterocycles. The highest BCUT2D eigenvalue weighted by Crippen LogP contribution is 2.35. The molecule has 7 heteroatoms. The van der Waals surface area contributed by atoms with E-state index in [-0.39, 0.29) is 18.8 Å². The van der Waals surface area contributed by atoms with E-state index in [1.54, 1.807) is 6.92 Å². The second-order valence-electron chi connectivity index (χ2n) is 5.68. The summed E-state index contributed by atoms with van der Waals surface area (Å²) in [7, 11) is 2.07. The monoisotopic (exact) mass is 333 g/mol. The van der Waals surface area contributed by atoms with Gasteiger partial charge in [-0.05, 0) is 25.6 Å². The molecule has 0 spiro atoms. The molecular formula is C16H19N3O3S. The average molecular weight is 333 g/mol. The Balaban J connectivity index is 1.95. The summed E-state index contributed by atoms with van der Waals surface area (Å²) in [5, 5.41) is 0.802. The van der Waals surface area contributed by atoms with Crippen LogP contribution in [0.25, 0.3) is 10.2 Å². The van der Waals surface area contributed by atoms with Gasteiger partial charge in [0.2, 0.25) is 0 Å². The number of ketones is 1. The fourth-order valence-electron chi connectivity index (χ4n) is 2.77. The standard InChI is InChI=1S/C16H19N3O3S/c1-3-22-13(21)7-12(20)15-14(17)10-6-9-8-19(2)5-4-11(9)18-16(10)23-15/h6H,3-5,7-8,17H2,1-2H3. The summed E-state index contributed by atoms with van der Waals surface area (Å²) >= 11 is 1.26. The van der Waals surface area contributed by atoms with Crippen molar-refractivity contribution in [1.29, 1.82) is 0 Å². The first-order valence-corrected chi connectivity index (χ1v) is 8.39. The molecule has 1 aliphatic heterocycles. The van der Waals surface area contributed by atoms with E-state index in [1.807, 2.05) is 6.07 Å². The van der Waals surface area contributed by atoms with Gasteiger partial charge in [0.1, 0.15) is 11.3 Å². The van der Waals surface area contributed by atoms with E-state index >= 15 is 0 Å². The second kappa shape index (κ2) is 6.25. The SMILES string of the molecule is CCOC(=O)CC(=O)c1sc2nc3c(cc2c1N)CN(C)CC3. The number of nitrogen functional groups attached to an aromatic ring is 1. The van der Waals surface area contributed by atoms with Gasteiger partial charge in [-0.2, -0.15) is 0 Å². The van der Waals surface area contributed by atoms with Crippen LogP contribution in [-0.2, 0) is 22.5 Å². The second-order valence-corrected chi connectivity index (χ2v) is 6.68. The fourth-order valence-corrected chi connectivity index (χ4v) is 3.80. The minimum atomic E-state index is -0.525. The molecular weight excluding hydrogens is 314 g/mol. The summed E-state index contributed by atoms with van der Waals surface area (Å²) < 4.78 is 4.82. The summed E-state index contributed by atoms with van der Waals surface area (Å²) in [5.74, 6) is -0.831. The van der Waals surface area contributed by atoms with Gasteiger partial charge in [-0.3, -0.25) is 9.59 Å². The Morgan fingerprint density at radius 2 is 2.26 bits per heavy atom. The molecule has 0 fully saturated rings. The van der Waals surface area contributed by atoms with E-state index in [9.17, 15) is 9.59 Å². The van der Waals surface area contributed by atoms with Crippen molar-refractivity contribution < 1.29 is 14.3 Å².